The molecular weight excluding hydrogens is 280 g/mol. The van der Waals surface area contributed by atoms with Crippen LogP contribution < -0.4 is 5.32 Å². The summed E-state index contributed by atoms with van der Waals surface area (Å²) in [6, 6.07) is 2.63. The van der Waals surface area contributed by atoms with Crippen molar-refractivity contribution in [3.05, 3.63) is 41.6 Å². The number of aliphatic hydroxyl groups excluding tert-OH is 1. The van der Waals surface area contributed by atoms with E-state index in [1.165, 1.54) is 16.9 Å². The maximum atomic E-state index is 13.9. The summed E-state index contributed by atoms with van der Waals surface area (Å²) >= 11 is 0. The van der Waals surface area contributed by atoms with Crippen molar-refractivity contribution < 1.29 is 18.7 Å². The number of nitrogens with one attached hydrogen (secondary N) is 1. The van der Waals surface area contributed by atoms with Gasteiger partial charge in [0.2, 0.25) is 0 Å². The highest BCUT2D eigenvalue weighted by Gasteiger charge is 2.20. The molecule has 1 unspecified atom stereocenters. The van der Waals surface area contributed by atoms with E-state index in [-0.39, 0.29) is 23.4 Å². The number of hydrogen-bond donors (Lipinski definition) is 2. The molecule has 2 rings (SSSR count). The Morgan fingerprint density at radius 1 is 1.48 bits per heavy atom. The number of carbonyl (C=O) groups excluding carboxylic acids is 1. The van der Waals surface area contributed by atoms with Crippen LogP contribution in [0.3, 0.4) is 0 Å². The smallest absolute Gasteiger partial charge is 0.255 e. The van der Waals surface area contributed by atoms with Crippen LogP contribution in [0, 0.1) is 11.6 Å². The minimum absolute atomic E-state index is 0.0406. The normalized spacial score (nSPS) is 12.2. The topological polar surface area (TPSA) is 67.2 Å². The monoisotopic (exact) mass is 295 g/mol. The fraction of sp³-hybridized carbons (Fsp3) is 0.286. The molecule has 1 heterocycles. The Kier molecular flexibility index (Phi) is 4.32. The molecule has 0 spiro atoms. The molecule has 0 saturated heterocycles. The predicted octanol–water partition coefficient (Wildman–Crippen LogP) is 1.48. The lowest BCUT2D eigenvalue weighted by molar-refractivity contribution is 0.0923. The lowest BCUT2D eigenvalue weighted by Crippen LogP contribution is -2.35. The Bertz CT molecular complexity index is 670. The van der Waals surface area contributed by atoms with Crippen LogP contribution in [-0.2, 0) is 7.05 Å². The fourth-order valence-corrected chi connectivity index (χ4v) is 1.88. The number of amides is 1. The number of aryl methyl sites for hydroxylation is 1. The van der Waals surface area contributed by atoms with Crippen LogP contribution in [0.4, 0.5) is 8.78 Å². The van der Waals surface area contributed by atoms with E-state index in [4.69, 9.17) is 5.11 Å². The van der Waals surface area contributed by atoms with Crippen LogP contribution in [0.5, 0.6) is 0 Å². The molecule has 5 nitrogen and oxygen atoms in total. The van der Waals surface area contributed by atoms with Crippen molar-refractivity contribution in [2.24, 2.45) is 7.05 Å². The van der Waals surface area contributed by atoms with E-state index in [1.54, 1.807) is 14.0 Å². The van der Waals surface area contributed by atoms with Crippen LogP contribution in [0.2, 0.25) is 0 Å². The van der Waals surface area contributed by atoms with E-state index in [0.29, 0.717) is 0 Å². The van der Waals surface area contributed by atoms with Gasteiger partial charge in [0, 0.05) is 30.9 Å². The fourth-order valence-electron chi connectivity index (χ4n) is 1.88. The maximum absolute atomic E-state index is 13.9. The van der Waals surface area contributed by atoms with Gasteiger partial charge in [-0.2, -0.15) is 5.10 Å². The number of aromatic nitrogens is 2. The van der Waals surface area contributed by atoms with Gasteiger partial charge in [-0.05, 0) is 19.1 Å². The molecule has 1 amide bonds. The van der Waals surface area contributed by atoms with Crippen LogP contribution in [0.15, 0.2) is 24.4 Å². The van der Waals surface area contributed by atoms with Crippen molar-refractivity contribution in [1.82, 2.24) is 15.1 Å². The van der Waals surface area contributed by atoms with Crippen LogP contribution in [0.1, 0.15) is 17.3 Å². The zero-order chi connectivity index (χ0) is 15.6. The minimum Gasteiger partial charge on any atom is -0.394 e. The molecule has 112 valence electrons. The highest BCUT2D eigenvalue weighted by molar-refractivity contribution is 6.00. The molecule has 0 aliphatic carbocycles. The van der Waals surface area contributed by atoms with Crippen molar-refractivity contribution in [3.63, 3.8) is 0 Å². The number of hydrogen-bond acceptors (Lipinski definition) is 3. The zero-order valence-electron chi connectivity index (χ0n) is 11.6. The molecule has 0 bridgehead atoms. The molecule has 0 aliphatic heterocycles. The van der Waals surface area contributed by atoms with Gasteiger partial charge in [-0.1, -0.05) is 0 Å². The summed E-state index contributed by atoms with van der Waals surface area (Å²) < 4.78 is 28.2. The molecule has 1 aromatic heterocycles. The first-order valence-electron chi connectivity index (χ1n) is 6.33. The summed E-state index contributed by atoms with van der Waals surface area (Å²) in [4.78, 5) is 12.1. The van der Waals surface area contributed by atoms with Crippen LogP contribution in [-0.4, -0.2) is 33.4 Å². The lowest BCUT2D eigenvalue weighted by atomic mass is 10.1. The third kappa shape index (κ3) is 3.25. The van der Waals surface area contributed by atoms with Crippen molar-refractivity contribution in [2.75, 3.05) is 6.61 Å². The van der Waals surface area contributed by atoms with Gasteiger partial charge in [0.1, 0.15) is 17.3 Å². The molecule has 1 aromatic carbocycles. The molecule has 0 fully saturated rings. The maximum Gasteiger partial charge on any atom is 0.255 e. The molecule has 7 heteroatoms. The SMILES string of the molecule is CC(CO)NC(=O)c1cn(C)nc1-c1ccc(F)cc1F. The first-order valence-corrected chi connectivity index (χ1v) is 6.33. The van der Waals surface area contributed by atoms with E-state index in [0.717, 1.165) is 12.1 Å². The lowest BCUT2D eigenvalue weighted by Gasteiger charge is -2.10. The zero-order valence-corrected chi connectivity index (χ0v) is 11.6. The summed E-state index contributed by atoms with van der Waals surface area (Å²) in [7, 11) is 1.59. The highest BCUT2D eigenvalue weighted by atomic mass is 19.1. The van der Waals surface area contributed by atoms with Gasteiger partial charge in [-0.15, -0.1) is 0 Å². The number of rotatable bonds is 4. The van der Waals surface area contributed by atoms with Gasteiger partial charge < -0.3 is 10.4 Å². The van der Waals surface area contributed by atoms with Gasteiger partial charge in [0.05, 0.1) is 12.2 Å². The Morgan fingerprint density at radius 3 is 2.81 bits per heavy atom. The van der Waals surface area contributed by atoms with E-state index in [1.807, 2.05) is 0 Å². The van der Waals surface area contributed by atoms with Crippen molar-refractivity contribution in [2.45, 2.75) is 13.0 Å². The number of aliphatic hydroxyl groups is 1. The average molecular weight is 295 g/mol. The van der Waals surface area contributed by atoms with Crippen LogP contribution >= 0.6 is 0 Å². The first kappa shape index (κ1) is 15.1. The van der Waals surface area contributed by atoms with Gasteiger partial charge in [0.15, 0.2) is 0 Å². The number of benzene rings is 1. The third-order valence-electron chi connectivity index (χ3n) is 2.91. The van der Waals surface area contributed by atoms with E-state index >= 15 is 0 Å². The Hall–Kier alpha value is -2.28. The summed E-state index contributed by atoms with van der Waals surface area (Å²) in [6.45, 7) is 1.42. The summed E-state index contributed by atoms with van der Waals surface area (Å²) in [5.41, 5.74) is 0.319. The van der Waals surface area contributed by atoms with Gasteiger partial charge >= 0.3 is 0 Å². The summed E-state index contributed by atoms with van der Waals surface area (Å²) in [5.74, 6) is -1.98. The molecule has 2 aromatic rings. The Balaban J connectivity index is 2.43. The summed E-state index contributed by atoms with van der Waals surface area (Å²) in [6.07, 6.45) is 1.44. The molecule has 1 atom stereocenters. The second-order valence-electron chi connectivity index (χ2n) is 4.75. The standard InChI is InChI=1S/C14H15F2N3O2/c1-8(7-20)17-14(21)11-6-19(2)18-13(11)10-4-3-9(15)5-12(10)16/h3-6,8,20H,7H2,1-2H3,(H,17,21). The molecule has 0 saturated carbocycles. The Morgan fingerprint density at radius 2 is 2.19 bits per heavy atom. The molecule has 0 aliphatic rings. The minimum atomic E-state index is -0.794. The number of nitrogens with zero attached hydrogens (tertiary/aromatic N) is 2. The Labute approximate surface area is 120 Å². The van der Waals surface area contributed by atoms with Gasteiger partial charge in [-0.3, -0.25) is 9.48 Å². The number of halogens is 2. The van der Waals surface area contributed by atoms with Crippen molar-refractivity contribution >= 4 is 5.91 Å². The van der Waals surface area contributed by atoms with E-state index in [2.05, 4.69) is 10.4 Å². The molecular formula is C14H15F2N3O2. The average Bonchev–Trinajstić information content (AvgIpc) is 2.80. The van der Waals surface area contributed by atoms with Gasteiger partial charge in [0.25, 0.3) is 5.91 Å². The molecule has 0 radical (unpaired) electrons. The van der Waals surface area contributed by atoms with E-state index in [9.17, 15) is 13.6 Å². The summed E-state index contributed by atoms with van der Waals surface area (Å²) in [5, 5.41) is 15.6. The third-order valence-corrected chi connectivity index (χ3v) is 2.91. The van der Waals surface area contributed by atoms with E-state index < -0.39 is 23.6 Å². The molecule has 21 heavy (non-hydrogen) atoms. The van der Waals surface area contributed by atoms with Crippen molar-refractivity contribution in [3.8, 4) is 11.3 Å². The largest absolute Gasteiger partial charge is 0.394 e. The van der Waals surface area contributed by atoms with Crippen molar-refractivity contribution in [1.29, 1.82) is 0 Å². The highest BCUT2D eigenvalue weighted by Crippen LogP contribution is 2.25. The first-order chi connectivity index (χ1) is 9.92. The number of carbonyl (C=O) groups is 1. The second kappa shape index (κ2) is 6.01. The second-order valence-corrected chi connectivity index (χ2v) is 4.75. The van der Waals surface area contributed by atoms with Crippen LogP contribution in [0.25, 0.3) is 11.3 Å². The quantitative estimate of drug-likeness (QED) is 0.897. The molecule has 2 N–H and O–H groups in total. The van der Waals surface area contributed by atoms with Gasteiger partial charge in [-0.25, -0.2) is 8.78 Å². The predicted molar refractivity (Wildman–Crippen MR) is 72.6 cm³/mol.